The van der Waals surface area contributed by atoms with Crippen molar-refractivity contribution in [1.82, 2.24) is 9.88 Å². The second-order valence-corrected chi connectivity index (χ2v) is 8.75. The van der Waals surface area contributed by atoms with E-state index in [1.54, 1.807) is 23.1 Å². The third-order valence-corrected chi connectivity index (χ3v) is 6.77. The Kier molecular flexibility index (Phi) is 5.36. The summed E-state index contributed by atoms with van der Waals surface area (Å²) in [7, 11) is 0. The predicted octanol–water partition coefficient (Wildman–Crippen LogP) is 4.22. The summed E-state index contributed by atoms with van der Waals surface area (Å²) >= 11 is 3.50. The maximum absolute atomic E-state index is 12.6. The van der Waals surface area contributed by atoms with E-state index in [4.69, 9.17) is 4.98 Å². The Balaban J connectivity index is 1.38. The number of nitrogens with zero attached hydrogens (tertiary/aromatic N) is 3. The highest BCUT2D eigenvalue weighted by atomic mass is 32.2. The monoisotopic (exact) mass is 397 g/mol. The Morgan fingerprint density at radius 3 is 2.56 bits per heavy atom. The van der Waals surface area contributed by atoms with Crippen LogP contribution in [0.15, 0.2) is 47.4 Å². The Bertz CT molecular complexity index is 944. The van der Waals surface area contributed by atoms with Crippen LogP contribution in [-0.2, 0) is 11.2 Å². The van der Waals surface area contributed by atoms with E-state index in [-0.39, 0.29) is 5.91 Å². The zero-order chi connectivity index (χ0) is 18.8. The van der Waals surface area contributed by atoms with Crippen molar-refractivity contribution in [1.29, 1.82) is 0 Å². The van der Waals surface area contributed by atoms with E-state index in [1.807, 2.05) is 17.0 Å². The van der Waals surface area contributed by atoms with Crippen molar-refractivity contribution in [2.24, 2.45) is 0 Å². The van der Waals surface area contributed by atoms with Crippen LogP contribution in [0.5, 0.6) is 0 Å². The molecule has 1 aliphatic heterocycles. The molecule has 0 bridgehead atoms. The molecule has 3 aromatic rings. The average molecular weight is 398 g/mol. The maximum atomic E-state index is 12.6. The van der Waals surface area contributed by atoms with Crippen LogP contribution in [0.25, 0.3) is 10.2 Å². The van der Waals surface area contributed by atoms with Crippen molar-refractivity contribution in [2.45, 2.75) is 18.2 Å². The summed E-state index contributed by atoms with van der Waals surface area (Å²) < 4.78 is 1.23. The van der Waals surface area contributed by atoms with Gasteiger partial charge >= 0.3 is 0 Å². The van der Waals surface area contributed by atoms with E-state index in [0.717, 1.165) is 42.4 Å². The molecule has 1 fully saturated rings. The van der Waals surface area contributed by atoms with E-state index in [0.29, 0.717) is 6.42 Å². The van der Waals surface area contributed by atoms with Gasteiger partial charge in [-0.1, -0.05) is 41.2 Å². The fourth-order valence-corrected chi connectivity index (χ4v) is 4.87. The van der Waals surface area contributed by atoms with Crippen LogP contribution in [0, 0.1) is 6.92 Å². The first kappa shape index (κ1) is 18.3. The normalized spacial score (nSPS) is 14.7. The van der Waals surface area contributed by atoms with Crippen molar-refractivity contribution in [3.8, 4) is 0 Å². The summed E-state index contributed by atoms with van der Waals surface area (Å²) in [6.07, 6.45) is 2.58. The topological polar surface area (TPSA) is 36.4 Å². The van der Waals surface area contributed by atoms with Gasteiger partial charge in [0.25, 0.3) is 0 Å². The largest absolute Gasteiger partial charge is 0.345 e. The standard InChI is InChI=1S/C21H23N3OS2/c1-15-3-5-16(6-4-15)13-20(25)23-9-11-24(12-10-23)21-22-18-8-7-17(26-2)14-19(18)27-21/h3-8,14H,9-13H2,1-2H3. The van der Waals surface area contributed by atoms with E-state index in [2.05, 4.69) is 48.4 Å². The lowest BCUT2D eigenvalue weighted by molar-refractivity contribution is -0.130. The molecule has 1 aromatic heterocycles. The summed E-state index contributed by atoms with van der Waals surface area (Å²) in [5.41, 5.74) is 3.37. The van der Waals surface area contributed by atoms with Gasteiger partial charge in [-0.05, 0) is 36.9 Å². The minimum absolute atomic E-state index is 0.215. The average Bonchev–Trinajstić information content (AvgIpc) is 3.13. The number of hydrogen-bond acceptors (Lipinski definition) is 5. The number of carbonyl (C=O) groups is 1. The van der Waals surface area contributed by atoms with Gasteiger partial charge in [-0.2, -0.15) is 0 Å². The SMILES string of the molecule is CSc1ccc2nc(N3CCN(C(=O)Cc4ccc(C)cc4)CC3)sc2c1. The van der Waals surface area contributed by atoms with E-state index < -0.39 is 0 Å². The van der Waals surface area contributed by atoms with Gasteiger partial charge in [-0.25, -0.2) is 4.98 Å². The Labute approximate surface area is 168 Å². The number of fused-ring (bicyclic) bond motifs is 1. The molecule has 0 radical (unpaired) electrons. The van der Waals surface area contributed by atoms with Gasteiger partial charge in [0.15, 0.2) is 5.13 Å². The smallest absolute Gasteiger partial charge is 0.227 e. The second kappa shape index (κ2) is 7.90. The molecule has 0 aliphatic carbocycles. The molecule has 27 heavy (non-hydrogen) atoms. The third-order valence-electron chi connectivity index (χ3n) is 4.96. The van der Waals surface area contributed by atoms with Crippen molar-refractivity contribution < 1.29 is 4.79 Å². The van der Waals surface area contributed by atoms with Gasteiger partial charge in [0.05, 0.1) is 16.6 Å². The maximum Gasteiger partial charge on any atom is 0.227 e. The number of carbonyl (C=O) groups excluding carboxylic acids is 1. The molecule has 6 heteroatoms. The quantitative estimate of drug-likeness (QED) is 0.618. The van der Waals surface area contributed by atoms with E-state index in [9.17, 15) is 4.79 Å². The van der Waals surface area contributed by atoms with Crippen LogP contribution in [0.4, 0.5) is 5.13 Å². The minimum Gasteiger partial charge on any atom is -0.345 e. The van der Waals surface area contributed by atoms with Gasteiger partial charge in [0, 0.05) is 31.1 Å². The number of thioether (sulfide) groups is 1. The van der Waals surface area contributed by atoms with Crippen molar-refractivity contribution >= 4 is 44.4 Å². The van der Waals surface area contributed by atoms with Gasteiger partial charge in [-0.15, -0.1) is 11.8 Å². The lowest BCUT2D eigenvalue weighted by Gasteiger charge is -2.34. The van der Waals surface area contributed by atoms with Gasteiger partial charge in [0.2, 0.25) is 5.91 Å². The first-order valence-corrected chi connectivity index (χ1v) is 11.2. The summed E-state index contributed by atoms with van der Waals surface area (Å²) in [5.74, 6) is 0.215. The van der Waals surface area contributed by atoms with Crippen LogP contribution < -0.4 is 4.90 Å². The summed E-state index contributed by atoms with van der Waals surface area (Å²) in [6, 6.07) is 14.7. The minimum atomic E-state index is 0.215. The molecule has 0 atom stereocenters. The lowest BCUT2D eigenvalue weighted by Crippen LogP contribution is -2.49. The fourth-order valence-electron chi connectivity index (χ4n) is 3.29. The highest BCUT2D eigenvalue weighted by molar-refractivity contribution is 7.98. The summed E-state index contributed by atoms with van der Waals surface area (Å²) in [4.78, 5) is 22.9. The van der Waals surface area contributed by atoms with Crippen molar-refractivity contribution in [3.63, 3.8) is 0 Å². The number of rotatable bonds is 4. The number of anilines is 1. The molecule has 140 valence electrons. The molecule has 2 heterocycles. The molecule has 1 saturated heterocycles. The zero-order valence-corrected chi connectivity index (χ0v) is 17.3. The predicted molar refractivity (Wildman–Crippen MR) is 115 cm³/mol. The highest BCUT2D eigenvalue weighted by Crippen LogP contribution is 2.32. The van der Waals surface area contributed by atoms with Crippen molar-refractivity contribution in [2.75, 3.05) is 37.3 Å². The molecule has 4 nitrogen and oxygen atoms in total. The van der Waals surface area contributed by atoms with Crippen LogP contribution in [-0.4, -0.2) is 48.2 Å². The number of benzene rings is 2. The van der Waals surface area contributed by atoms with Gasteiger partial charge < -0.3 is 9.80 Å². The number of aromatic nitrogens is 1. The third kappa shape index (κ3) is 4.12. The Morgan fingerprint density at radius 2 is 1.85 bits per heavy atom. The first-order chi connectivity index (χ1) is 13.1. The van der Waals surface area contributed by atoms with Gasteiger partial charge in [0.1, 0.15) is 0 Å². The zero-order valence-electron chi connectivity index (χ0n) is 15.6. The molecule has 0 unspecified atom stereocenters. The van der Waals surface area contributed by atoms with Crippen LogP contribution >= 0.6 is 23.1 Å². The number of hydrogen-bond donors (Lipinski definition) is 0. The number of thiazole rings is 1. The van der Waals surface area contributed by atoms with Crippen LogP contribution in [0.2, 0.25) is 0 Å². The second-order valence-electron chi connectivity index (χ2n) is 6.86. The Hall–Kier alpha value is -2.05. The first-order valence-electron chi connectivity index (χ1n) is 9.15. The molecular formula is C21H23N3OS2. The van der Waals surface area contributed by atoms with Gasteiger partial charge in [-0.3, -0.25) is 4.79 Å². The summed E-state index contributed by atoms with van der Waals surface area (Å²) in [6.45, 7) is 5.27. The fraction of sp³-hybridized carbons (Fsp3) is 0.333. The molecule has 4 rings (SSSR count). The number of piperazine rings is 1. The molecule has 1 amide bonds. The lowest BCUT2D eigenvalue weighted by atomic mass is 10.1. The Morgan fingerprint density at radius 1 is 1.11 bits per heavy atom. The molecule has 0 spiro atoms. The van der Waals surface area contributed by atoms with E-state index in [1.165, 1.54) is 15.2 Å². The molecule has 0 saturated carbocycles. The van der Waals surface area contributed by atoms with Crippen LogP contribution in [0.1, 0.15) is 11.1 Å². The van der Waals surface area contributed by atoms with E-state index >= 15 is 0 Å². The molecular weight excluding hydrogens is 374 g/mol. The molecule has 0 N–H and O–H groups in total. The van der Waals surface area contributed by atoms with Crippen LogP contribution in [0.3, 0.4) is 0 Å². The molecule has 1 aliphatic rings. The molecule has 2 aromatic carbocycles. The van der Waals surface area contributed by atoms with Crippen molar-refractivity contribution in [3.05, 3.63) is 53.6 Å². The number of aryl methyl sites for hydroxylation is 1. The number of amides is 1. The highest BCUT2D eigenvalue weighted by Gasteiger charge is 2.23. The summed E-state index contributed by atoms with van der Waals surface area (Å²) in [5, 5.41) is 1.06.